The Labute approximate surface area is 788 Å². The topological polar surface area (TPSA) is 261 Å². The van der Waals surface area contributed by atoms with Crippen LogP contribution in [0.5, 0.6) is 34.8 Å². The number of rotatable bonds is 16. The van der Waals surface area contributed by atoms with Crippen LogP contribution >= 0.6 is 0 Å². The van der Waals surface area contributed by atoms with Gasteiger partial charge in [0.05, 0.1) is 19.8 Å². The van der Waals surface area contributed by atoms with Crippen molar-refractivity contribution in [2.45, 2.75) is 112 Å². The van der Waals surface area contributed by atoms with Gasteiger partial charge in [-0.3, -0.25) is 33.4 Å². The van der Waals surface area contributed by atoms with Gasteiger partial charge >= 0.3 is 41.5 Å². The van der Waals surface area contributed by atoms with Gasteiger partial charge in [0, 0.05) is 248 Å². The van der Waals surface area contributed by atoms with Crippen molar-refractivity contribution >= 4 is 44.1 Å². The molecule has 4 N–H and O–H groups in total. The molecule has 3 heterocycles. The van der Waals surface area contributed by atoms with E-state index in [1.807, 2.05) is 35.6 Å². The number of hydrogen-bond donors (Lipinski definition) is 2. The van der Waals surface area contributed by atoms with Crippen LogP contribution in [0, 0.1) is 272 Å². The van der Waals surface area contributed by atoms with Gasteiger partial charge < -0.3 is 48.0 Å². The molecule has 21 nitrogen and oxygen atoms in total. The summed E-state index contributed by atoms with van der Waals surface area (Å²) >= 11 is 0. The van der Waals surface area contributed by atoms with E-state index in [4.69, 9.17) is 30.4 Å². The first kappa shape index (κ1) is 110. The normalized spacial score (nSPS) is 9.72. The van der Waals surface area contributed by atoms with Crippen molar-refractivity contribution in [3.05, 3.63) is 143 Å². The van der Waals surface area contributed by atoms with Crippen LogP contribution in [-0.4, -0.2) is 114 Å². The molecule has 8 rings (SSSR count). The van der Waals surface area contributed by atoms with Gasteiger partial charge in [-0.25, -0.2) is 19.4 Å². The fourth-order valence-corrected chi connectivity index (χ4v) is 9.79. The SMILES string of the molecule is CC#CC#CC#CC#CC#CC#CC#CC#CC#CC#CC#CC#CC#CC#CC#CC#CC#CC#CC#CC#CC#CC#CC#CC.CC(=O)OOC(C)=O.CCN(CC)CC.COc1nn(C)cc1C1CCCC1.COc1nn(C)cc1[C@@H]1CCCN1Cc1ccc(Oc2ccc(C(N)=O)cc2)cc1.NC(=O)c1ccc(Oc2ccc(C=O)cc2)cc1.[B-]OC(C)=O.[Na+]. The number of aryl methyl sites for hydroxylation is 2. The molecule has 1 aliphatic carbocycles. The number of nitrogens with zero attached hydrogens (tertiary/aromatic N) is 6. The molecule has 0 spiro atoms. The van der Waals surface area contributed by atoms with E-state index in [9.17, 15) is 28.8 Å². The molecule has 1 aliphatic heterocycles. The summed E-state index contributed by atoms with van der Waals surface area (Å²) in [5.41, 5.74) is 15.6. The maximum atomic E-state index is 11.2. The van der Waals surface area contributed by atoms with Crippen LogP contribution in [0.4, 0.5) is 0 Å². The fraction of sp³-hybridized carbons (Fsp3) is 0.234. The largest absolute Gasteiger partial charge is 1.00 e. The van der Waals surface area contributed by atoms with Gasteiger partial charge in [0.25, 0.3) is 0 Å². The summed E-state index contributed by atoms with van der Waals surface area (Å²) in [6.45, 7) is 18.9. The quantitative estimate of drug-likeness (QED) is 0.0318. The van der Waals surface area contributed by atoms with Crippen molar-refractivity contribution in [2.24, 2.45) is 25.6 Å². The Morgan fingerprint density at radius 3 is 0.931 bits per heavy atom. The number of hydrogen-bond acceptors (Lipinski definition) is 17. The molecule has 1 saturated heterocycles. The second-order valence-corrected chi connectivity index (χ2v) is 24.3. The van der Waals surface area contributed by atoms with E-state index < -0.39 is 29.7 Å². The molecule has 4 aromatic carbocycles. The van der Waals surface area contributed by atoms with E-state index in [0.29, 0.717) is 51.8 Å². The van der Waals surface area contributed by atoms with E-state index in [0.717, 1.165) is 63.3 Å². The minimum absolute atomic E-state index is 0. The molecule has 2 fully saturated rings. The zero-order valence-corrected chi connectivity index (χ0v) is 76.1. The number of methoxy groups -OCH3 is 2. The molecule has 23 heteroatoms. The van der Waals surface area contributed by atoms with Crippen molar-refractivity contribution < 1.29 is 91.7 Å². The monoisotopic (exact) mass is 1720 g/mol. The van der Waals surface area contributed by atoms with Crippen LogP contribution in [0.15, 0.2) is 109 Å². The Kier molecular flexibility index (Phi) is 62.0. The first-order valence-corrected chi connectivity index (χ1v) is 38.7. The van der Waals surface area contributed by atoms with Gasteiger partial charge in [-0.1, -0.05) is 57.6 Å². The number of likely N-dealkylation sites (tertiary alicyclic amines) is 1. The van der Waals surface area contributed by atoms with Crippen LogP contribution in [0.2, 0.25) is 0 Å². The van der Waals surface area contributed by atoms with Crippen LogP contribution in [-0.2, 0) is 49.5 Å². The summed E-state index contributed by atoms with van der Waals surface area (Å²) in [5.74, 6) is 118. The number of carbonyl (C=O) groups is 6. The number of benzene rings is 4. The molecular formula is C107H83BN8NaO13. The number of ether oxygens (including phenoxy) is 4. The number of carbonyl (C=O) groups excluding carboxylic acids is 6. The van der Waals surface area contributed by atoms with Gasteiger partial charge in [-0.2, -0.15) is 0 Å². The molecule has 633 valence electrons. The zero-order valence-electron chi connectivity index (χ0n) is 74.1. The van der Waals surface area contributed by atoms with E-state index in [1.54, 1.807) is 101 Å². The number of aldehydes is 1. The van der Waals surface area contributed by atoms with Crippen LogP contribution in [0.25, 0.3) is 0 Å². The molecule has 130 heavy (non-hydrogen) atoms. The number of primary amides is 2. The summed E-state index contributed by atoms with van der Waals surface area (Å²) in [4.78, 5) is 74.2. The first-order chi connectivity index (χ1) is 62.7. The molecule has 6 aromatic rings. The summed E-state index contributed by atoms with van der Waals surface area (Å²) in [7, 11) is 11.6. The maximum absolute atomic E-state index is 11.2. The van der Waals surface area contributed by atoms with Gasteiger partial charge in [0.1, 0.15) is 29.3 Å². The van der Waals surface area contributed by atoms with Gasteiger partial charge in [-0.05, 0) is 257 Å². The standard InChI is InChI=1S/C48H6.C23H26N4O3.C14H11NO3.C10H16N2O.C6H15N.C4H6O4.C2H3BO2.Na/c1-3-5-7-9-11-13-15-17-19-21-23-25-27-29-31-33-35-37-39-41-43-45-47-48-46-44-42-40-38-36-34-32-30-28-26-24-22-20-18-16-14-12-10-8-6-4-2;1-26-15-20(23(25-26)29-2)21-4-3-13-27(21)14-16-5-9-18(10-6-16)30-19-11-7-17(8-12-19)22(24)28;15-14(17)11-3-7-13(8-4-11)18-12-5-1-10(9-16)2-6-12;1-12-7-9(10(11-12)13-2)8-5-3-4-6-8;1-4-7(5-2)6-3;1-3(5)7-8-4(2)6;1-2(4)5-3;/h1-2H3;5-12,15,21H,3-4,13-14H2,1-2H3,(H2,24,28);1-9H,(H2,15,17);7-8H,3-6H2,1-2H3;4-6H2,1-3H3;1-2H3;1H3;/q;;;;;;-1;+1/t;21-;;;;;;/m.0....../s1. The van der Waals surface area contributed by atoms with Crippen LogP contribution < -0.4 is 60.0 Å². The van der Waals surface area contributed by atoms with Crippen LogP contribution in [0.3, 0.4) is 0 Å². The predicted octanol–water partition coefficient (Wildman–Crippen LogP) is 7.25. The van der Waals surface area contributed by atoms with Gasteiger partial charge in [-0.15, -0.1) is 10.2 Å². The summed E-state index contributed by atoms with van der Waals surface area (Å²) in [6, 6.07) is 28.5. The number of amides is 2. The second-order valence-electron chi connectivity index (χ2n) is 24.3. The fourth-order valence-electron chi connectivity index (χ4n) is 9.79. The average Bonchev–Trinajstić information content (AvgIpc) is 1.66. The zero-order chi connectivity index (χ0) is 94.4. The smallest absolute Gasteiger partial charge is 0.793 e. The Morgan fingerprint density at radius 1 is 0.415 bits per heavy atom. The van der Waals surface area contributed by atoms with E-state index in [-0.39, 0.29) is 29.6 Å². The van der Waals surface area contributed by atoms with Crippen molar-refractivity contribution in [3.8, 4) is 307 Å². The molecule has 2 aromatic heterocycles. The van der Waals surface area contributed by atoms with Gasteiger partial charge in [0.2, 0.25) is 29.5 Å². The predicted molar refractivity (Wildman–Crippen MR) is 496 cm³/mol. The van der Waals surface area contributed by atoms with E-state index in [1.165, 1.54) is 63.4 Å². The minimum Gasteiger partial charge on any atom is -0.793 e. The van der Waals surface area contributed by atoms with Crippen molar-refractivity contribution in [2.75, 3.05) is 40.4 Å². The Balaban J connectivity index is 0.000000865. The second kappa shape index (κ2) is 73.0. The van der Waals surface area contributed by atoms with Crippen LogP contribution in [0.1, 0.15) is 154 Å². The molecule has 3 radical (unpaired) electrons. The van der Waals surface area contributed by atoms with E-state index in [2.05, 4.69) is 360 Å². The summed E-state index contributed by atoms with van der Waals surface area (Å²) in [6.07, 6.45) is 12.5. The molecule has 1 saturated carbocycles. The minimum atomic E-state index is -0.639. The van der Waals surface area contributed by atoms with Crippen molar-refractivity contribution in [1.82, 2.24) is 29.4 Å². The third-order valence-electron chi connectivity index (χ3n) is 15.3. The maximum Gasteiger partial charge on any atom is 1.00 e. The molecule has 0 unspecified atom stereocenters. The average molecular weight is 1720 g/mol. The summed E-state index contributed by atoms with van der Waals surface area (Å²) in [5, 5.41) is 8.68. The van der Waals surface area contributed by atoms with Crippen molar-refractivity contribution in [3.63, 3.8) is 0 Å². The van der Waals surface area contributed by atoms with Gasteiger partial charge in [0.15, 0.2) is 0 Å². The van der Waals surface area contributed by atoms with Crippen molar-refractivity contribution in [1.29, 1.82) is 0 Å². The molecule has 2 aliphatic rings. The number of aromatic nitrogens is 4. The molecule has 0 bridgehead atoms. The van der Waals surface area contributed by atoms with E-state index >= 15 is 0 Å². The molecular weight excluding hydrogens is 1640 g/mol. The Morgan fingerprint density at radius 2 is 0.685 bits per heavy atom. The third-order valence-corrected chi connectivity index (χ3v) is 15.3. The summed E-state index contributed by atoms with van der Waals surface area (Å²) < 4.78 is 29.4. The third kappa shape index (κ3) is 54.7. The Bertz CT molecular complexity index is 6310. The number of nitrogens with two attached hydrogens (primary N) is 2. The Hall–Kier alpha value is -17.6. The first-order valence-electron chi connectivity index (χ1n) is 38.7. The molecule has 1 atom stereocenters. The molecule has 2 amide bonds.